The summed E-state index contributed by atoms with van der Waals surface area (Å²) in [6.07, 6.45) is 3.88. The van der Waals surface area contributed by atoms with Crippen LogP contribution in [-0.4, -0.2) is 33.7 Å². The van der Waals surface area contributed by atoms with E-state index in [9.17, 15) is 20.0 Å². The molecule has 0 fully saturated rings. The molecule has 0 saturated heterocycles. The highest BCUT2D eigenvalue weighted by atomic mass is 16.6. The van der Waals surface area contributed by atoms with Gasteiger partial charge in [0.25, 0.3) is 5.88 Å². The molecule has 0 radical (unpaired) electrons. The van der Waals surface area contributed by atoms with Gasteiger partial charge in [0.1, 0.15) is 5.82 Å². The Morgan fingerprint density at radius 1 is 1.36 bits per heavy atom. The molecule has 0 unspecified atom stereocenters. The number of nitrogens with one attached hydrogen (secondary N) is 1. The molecular formula is C16H17N3O6. The van der Waals surface area contributed by atoms with Gasteiger partial charge in [-0.05, 0) is 30.2 Å². The number of H-pyrrole nitrogens is 1. The molecule has 132 valence electrons. The van der Waals surface area contributed by atoms with Crippen molar-refractivity contribution < 1.29 is 19.5 Å². The minimum absolute atomic E-state index is 0.0154. The van der Waals surface area contributed by atoms with E-state index in [1.807, 2.05) is 6.92 Å². The predicted molar refractivity (Wildman–Crippen MR) is 90.9 cm³/mol. The molecule has 0 aliphatic heterocycles. The van der Waals surface area contributed by atoms with E-state index >= 15 is 0 Å². The first-order valence-corrected chi connectivity index (χ1v) is 7.42. The quantitative estimate of drug-likeness (QED) is 0.581. The van der Waals surface area contributed by atoms with Crippen LogP contribution in [0.2, 0.25) is 0 Å². The highest BCUT2D eigenvalue weighted by molar-refractivity contribution is 5.68. The van der Waals surface area contributed by atoms with E-state index in [1.54, 1.807) is 24.3 Å². The Balaban J connectivity index is 2.27. The molecule has 0 aliphatic carbocycles. The van der Waals surface area contributed by atoms with Crippen LogP contribution in [0.5, 0.6) is 17.4 Å². The Morgan fingerprint density at radius 2 is 2.12 bits per heavy atom. The summed E-state index contributed by atoms with van der Waals surface area (Å²) in [5, 5.41) is 20.2. The molecule has 9 nitrogen and oxygen atoms in total. The summed E-state index contributed by atoms with van der Waals surface area (Å²) in [5.41, 5.74) is -1.30. The van der Waals surface area contributed by atoms with E-state index in [0.29, 0.717) is 18.1 Å². The van der Waals surface area contributed by atoms with Crippen molar-refractivity contribution in [3.05, 3.63) is 50.1 Å². The zero-order chi connectivity index (χ0) is 18.4. The van der Waals surface area contributed by atoms with E-state index in [-0.39, 0.29) is 5.82 Å². The van der Waals surface area contributed by atoms with E-state index in [4.69, 9.17) is 9.47 Å². The fourth-order valence-corrected chi connectivity index (χ4v) is 2.01. The molecule has 0 saturated carbocycles. The van der Waals surface area contributed by atoms with Gasteiger partial charge in [0.05, 0.1) is 18.6 Å². The predicted octanol–water partition coefficient (Wildman–Crippen LogP) is 2.35. The molecule has 2 aromatic rings. The number of nitro groups is 1. The molecule has 0 aliphatic rings. The number of nitrogens with zero attached hydrogens (tertiary/aromatic N) is 2. The average molecular weight is 347 g/mol. The lowest BCUT2D eigenvalue weighted by molar-refractivity contribution is -0.387. The minimum atomic E-state index is -1.03. The Labute approximate surface area is 142 Å². The van der Waals surface area contributed by atoms with Gasteiger partial charge in [-0.15, -0.1) is 0 Å². The number of aromatic nitrogens is 2. The summed E-state index contributed by atoms with van der Waals surface area (Å²) in [7, 11) is 1.52. The van der Waals surface area contributed by atoms with Gasteiger partial charge in [-0.25, -0.2) is 0 Å². The second-order valence-electron chi connectivity index (χ2n) is 4.97. The van der Waals surface area contributed by atoms with Crippen molar-refractivity contribution in [1.82, 2.24) is 9.97 Å². The third-order valence-corrected chi connectivity index (χ3v) is 3.16. The molecule has 2 N–H and O–H groups in total. The normalized spacial score (nSPS) is 10.8. The van der Waals surface area contributed by atoms with Crippen molar-refractivity contribution in [1.29, 1.82) is 0 Å². The SMILES string of the molecule is CCCOc1ccc(/C=C/c2nc(O)c([N+](=O)[O-])c(=O)[nH]2)cc1OC. The van der Waals surface area contributed by atoms with Gasteiger partial charge in [0.2, 0.25) is 0 Å². The lowest BCUT2D eigenvalue weighted by Gasteiger charge is -2.10. The van der Waals surface area contributed by atoms with Crippen molar-refractivity contribution in [3.63, 3.8) is 0 Å². The van der Waals surface area contributed by atoms with Crippen molar-refractivity contribution in [2.45, 2.75) is 13.3 Å². The van der Waals surface area contributed by atoms with E-state index in [2.05, 4.69) is 9.97 Å². The third-order valence-electron chi connectivity index (χ3n) is 3.16. The maximum atomic E-state index is 11.6. The second-order valence-corrected chi connectivity index (χ2v) is 4.97. The van der Waals surface area contributed by atoms with Gasteiger partial charge >= 0.3 is 11.2 Å². The van der Waals surface area contributed by atoms with Crippen molar-refractivity contribution in [2.75, 3.05) is 13.7 Å². The molecule has 0 amide bonds. The first-order valence-electron chi connectivity index (χ1n) is 7.42. The lowest BCUT2D eigenvalue weighted by atomic mass is 10.2. The number of methoxy groups -OCH3 is 1. The largest absolute Gasteiger partial charge is 0.493 e. The van der Waals surface area contributed by atoms with Crippen LogP contribution in [0.3, 0.4) is 0 Å². The smallest absolute Gasteiger partial charge is 0.395 e. The van der Waals surface area contributed by atoms with Gasteiger partial charge in [-0.3, -0.25) is 14.9 Å². The Kier molecular flexibility index (Phi) is 5.72. The van der Waals surface area contributed by atoms with Crippen molar-refractivity contribution in [2.24, 2.45) is 0 Å². The van der Waals surface area contributed by atoms with Crippen LogP contribution in [0.4, 0.5) is 5.69 Å². The number of hydrogen-bond donors (Lipinski definition) is 2. The Hall–Kier alpha value is -3.36. The van der Waals surface area contributed by atoms with E-state index in [1.165, 1.54) is 13.2 Å². The van der Waals surface area contributed by atoms with Gasteiger partial charge in [0, 0.05) is 0 Å². The fraction of sp³-hybridized carbons (Fsp3) is 0.250. The van der Waals surface area contributed by atoms with E-state index < -0.39 is 22.0 Å². The van der Waals surface area contributed by atoms with Gasteiger partial charge < -0.3 is 19.6 Å². The monoisotopic (exact) mass is 347 g/mol. The van der Waals surface area contributed by atoms with Gasteiger partial charge in [-0.2, -0.15) is 4.98 Å². The number of aromatic hydroxyl groups is 1. The molecule has 0 bridgehead atoms. The molecule has 1 aromatic heterocycles. The van der Waals surface area contributed by atoms with Crippen LogP contribution >= 0.6 is 0 Å². The molecule has 9 heteroatoms. The number of aromatic amines is 1. The maximum absolute atomic E-state index is 11.6. The highest BCUT2D eigenvalue weighted by Gasteiger charge is 2.21. The topological polar surface area (TPSA) is 128 Å². The molecule has 1 aromatic carbocycles. The molecule has 0 spiro atoms. The summed E-state index contributed by atoms with van der Waals surface area (Å²) in [6.45, 7) is 2.57. The molecule has 1 heterocycles. The molecule has 2 rings (SSSR count). The summed E-state index contributed by atoms with van der Waals surface area (Å²) in [4.78, 5) is 27.1. The second kappa shape index (κ2) is 7.95. The lowest BCUT2D eigenvalue weighted by Crippen LogP contribution is -2.14. The van der Waals surface area contributed by atoms with Gasteiger partial charge in [0.15, 0.2) is 11.5 Å². The third kappa shape index (κ3) is 4.34. The highest BCUT2D eigenvalue weighted by Crippen LogP contribution is 2.29. The number of rotatable bonds is 7. The average Bonchev–Trinajstić information content (AvgIpc) is 2.57. The van der Waals surface area contributed by atoms with Crippen LogP contribution in [0.25, 0.3) is 12.2 Å². The van der Waals surface area contributed by atoms with Crippen molar-refractivity contribution >= 4 is 17.8 Å². The fourth-order valence-electron chi connectivity index (χ4n) is 2.01. The van der Waals surface area contributed by atoms with Crippen LogP contribution in [0.15, 0.2) is 23.0 Å². The van der Waals surface area contributed by atoms with Crippen LogP contribution in [0.1, 0.15) is 24.7 Å². The van der Waals surface area contributed by atoms with E-state index in [0.717, 1.165) is 12.0 Å². The first-order chi connectivity index (χ1) is 12.0. The summed E-state index contributed by atoms with van der Waals surface area (Å²) in [5.74, 6) is 0.206. The Morgan fingerprint density at radius 3 is 2.72 bits per heavy atom. The standard InChI is InChI=1S/C16H17N3O6/c1-3-8-25-11-6-4-10(9-12(11)24-2)5-7-13-17-15(20)14(19(22)23)16(21)18-13/h4-7,9H,3,8H2,1-2H3,(H2,17,18,20,21)/b7-5+. The van der Waals surface area contributed by atoms with Crippen LogP contribution in [0, 0.1) is 10.1 Å². The number of ether oxygens (including phenoxy) is 2. The zero-order valence-electron chi connectivity index (χ0n) is 13.7. The summed E-state index contributed by atoms with van der Waals surface area (Å²) < 4.78 is 10.8. The summed E-state index contributed by atoms with van der Waals surface area (Å²) in [6, 6.07) is 5.25. The molecule has 0 atom stereocenters. The number of benzene rings is 1. The zero-order valence-corrected chi connectivity index (χ0v) is 13.7. The van der Waals surface area contributed by atoms with Crippen LogP contribution in [-0.2, 0) is 0 Å². The minimum Gasteiger partial charge on any atom is -0.493 e. The van der Waals surface area contributed by atoms with Crippen LogP contribution < -0.4 is 15.0 Å². The van der Waals surface area contributed by atoms with Gasteiger partial charge in [-0.1, -0.05) is 19.1 Å². The summed E-state index contributed by atoms with van der Waals surface area (Å²) >= 11 is 0. The first kappa shape index (κ1) is 18.0. The number of hydrogen-bond acceptors (Lipinski definition) is 7. The molecule has 25 heavy (non-hydrogen) atoms. The van der Waals surface area contributed by atoms with Crippen molar-refractivity contribution in [3.8, 4) is 17.4 Å². The maximum Gasteiger partial charge on any atom is 0.395 e. The molecular weight excluding hydrogens is 330 g/mol. The Bertz CT molecular complexity index is 859.